The van der Waals surface area contributed by atoms with Crippen LogP contribution in [0.5, 0.6) is 0 Å². The summed E-state index contributed by atoms with van der Waals surface area (Å²) in [6, 6.07) is 6.88. The molecule has 0 aliphatic heterocycles. The standard InChI is InChI=1S/C11H7ClN4O2/c12-10-6-2-1-5(3-8(6)14-16-10)7-4-9(11(17)18)15-13-7/h1-4H,(H,13,15)(H,14,16)(H,17,18). The van der Waals surface area contributed by atoms with Gasteiger partial charge < -0.3 is 5.11 Å². The number of hydrogen-bond donors (Lipinski definition) is 3. The number of rotatable bonds is 2. The Kier molecular flexibility index (Phi) is 2.31. The fourth-order valence-electron chi connectivity index (χ4n) is 1.72. The van der Waals surface area contributed by atoms with Crippen LogP contribution >= 0.6 is 11.6 Å². The van der Waals surface area contributed by atoms with Gasteiger partial charge in [-0.15, -0.1) is 0 Å². The van der Waals surface area contributed by atoms with Crippen LogP contribution in [0.1, 0.15) is 10.5 Å². The average Bonchev–Trinajstić information content (AvgIpc) is 2.96. The first-order chi connectivity index (χ1) is 8.65. The molecule has 0 aliphatic carbocycles. The first kappa shape index (κ1) is 10.8. The van der Waals surface area contributed by atoms with E-state index in [-0.39, 0.29) is 5.69 Å². The molecule has 3 aromatic rings. The van der Waals surface area contributed by atoms with Gasteiger partial charge in [0.25, 0.3) is 0 Å². The molecular weight excluding hydrogens is 256 g/mol. The zero-order valence-electron chi connectivity index (χ0n) is 8.94. The minimum atomic E-state index is -1.04. The summed E-state index contributed by atoms with van der Waals surface area (Å²) in [4.78, 5) is 10.8. The highest BCUT2D eigenvalue weighted by Crippen LogP contribution is 2.26. The lowest BCUT2D eigenvalue weighted by Crippen LogP contribution is -1.95. The van der Waals surface area contributed by atoms with E-state index in [1.807, 2.05) is 12.1 Å². The van der Waals surface area contributed by atoms with E-state index in [9.17, 15) is 4.79 Å². The lowest BCUT2D eigenvalue weighted by molar-refractivity contribution is 0.0690. The molecule has 0 aliphatic rings. The third kappa shape index (κ3) is 1.63. The summed E-state index contributed by atoms with van der Waals surface area (Å²) in [6.45, 7) is 0. The molecule has 0 spiro atoms. The Morgan fingerprint density at radius 1 is 1.22 bits per heavy atom. The summed E-state index contributed by atoms with van der Waals surface area (Å²) >= 11 is 5.90. The number of halogens is 1. The van der Waals surface area contributed by atoms with Gasteiger partial charge in [0.1, 0.15) is 10.8 Å². The van der Waals surface area contributed by atoms with E-state index in [1.54, 1.807) is 6.07 Å². The predicted molar refractivity (Wildman–Crippen MR) is 65.6 cm³/mol. The van der Waals surface area contributed by atoms with Crippen molar-refractivity contribution in [2.45, 2.75) is 0 Å². The molecule has 1 aromatic carbocycles. The molecule has 0 atom stereocenters. The van der Waals surface area contributed by atoms with Crippen LogP contribution in [0.2, 0.25) is 5.15 Å². The first-order valence-electron chi connectivity index (χ1n) is 5.08. The Bertz CT molecular complexity index is 746. The molecule has 0 radical (unpaired) electrons. The topological polar surface area (TPSA) is 94.7 Å². The molecule has 2 heterocycles. The van der Waals surface area contributed by atoms with Crippen molar-refractivity contribution in [2.24, 2.45) is 0 Å². The monoisotopic (exact) mass is 262 g/mol. The smallest absolute Gasteiger partial charge is 0.353 e. The Hall–Kier alpha value is -2.34. The summed E-state index contributed by atoms with van der Waals surface area (Å²) in [5.74, 6) is -1.04. The fourth-order valence-corrected chi connectivity index (χ4v) is 1.92. The van der Waals surface area contributed by atoms with Gasteiger partial charge in [0.15, 0.2) is 0 Å². The number of H-pyrrole nitrogens is 2. The quantitative estimate of drug-likeness (QED) is 0.660. The Labute approximate surface area is 106 Å². The van der Waals surface area contributed by atoms with Gasteiger partial charge in [-0.05, 0) is 18.2 Å². The van der Waals surface area contributed by atoms with E-state index in [0.717, 1.165) is 10.9 Å². The zero-order valence-corrected chi connectivity index (χ0v) is 9.69. The Balaban J connectivity index is 2.10. The minimum Gasteiger partial charge on any atom is -0.477 e. The Morgan fingerprint density at radius 2 is 2.06 bits per heavy atom. The van der Waals surface area contributed by atoms with Crippen molar-refractivity contribution in [1.82, 2.24) is 20.4 Å². The van der Waals surface area contributed by atoms with Gasteiger partial charge in [-0.3, -0.25) is 10.2 Å². The number of hydrogen-bond acceptors (Lipinski definition) is 3. The third-order valence-electron chi connectivity index (χ3n) is 2.61. The van der Waals surface area contributed by atoms with Crippen LogP contribution in [0.4, 0.5) is 0 Å². The summed E-state index contributed by atoms with van der Waals surface area (Å²) in [6.07, 6.45) is 0. The van der Waals surface area contributed by atoms with Crippen molar-refractivity contribution >= 4 is 28.5 Å². The second-order valence-electron chi connectivity index (χ2n) is 3.74. The fraction of sp³-hybridized carbons (Fsp3) is 0. The molecule has 6 nitrogen and oxygen atoms in total. The molecule has 3 N–H and O–H groups in total. The van der Waals surface area contributed by atoms with E-state index in [0.29, 0.717) is 16.4 Å². The van der Waals surface area contributed by atoms with Gasteiger partial charge in [-0.25, -0.2) is 4.79 Å². The molecule has 0 saturated heterocycles. The van der Waals surface area contributed by atoms with E-state index < -0.39 is 5.97 Å². The molecule has 0 unspecified atom stereocenters. The molecular formula is C11H7ClN4O2. The number of aromatic amines is 2. The summed E-state index contributed by atoms with van der Waals surface area (Å²) in [5.41, 5.74) is 2.07. The first-order valence-corrected chi connectivity index (χ1v) is 5.45. The second kappa shape index (κ2) is 3.85. The Morgan fingerprint density at radius 3 is 2.78 bits per heavy atom. The molecule has 3 rings (SSSR count). The SMILES string of the molecule is O=C(O)c1cc(-c2ccc3c(Cl)[nH]nc3c2)n[nH]1. The highest BCUT2D eigenvalue weighted by molar-refractivity contribution is 6.34. The highest BCUT2D eigenvalue weighted by atomic mass is 35.5. The number of benzene rings is 1. The number of fused-ring (bicyclic) bond motifs is 1. The number of carbonyl (C=O) groups is 1. The van der Waals surface area contributed by atoms with E-state index in [1.165, 1.54) is 6.07 Å². The van der Waals surface area contributed by atoms with Gasteiger partial charge in [-0.1, -0.05) is 17.7 Å². The number of aromatic nitrogens is 4. The maximum Gasteiger partial charge on any atom is 0.353 e. The van der Waals surface area contributed by atoms with Crippen molar-refractivity contribution in [3.05, 3.63) is 35.1 Å². The van der Waals surface area contributed by atoms with Crippen molar-refractivity contribution < 1.29 is 9.90 Å². The average molecular weight is 263 g/mol. The molecule has 2 aromatic heterocycles. The van der Waals surface area contributed by atoms with Gasteiger partial charge in [0, 0.05) is 10.9 Å². The van der Waals surface area contributed by atoms with Crippen molar-refractivity contribution in [3.8, 4) is 11.3 Å². The molecule has 90 valence electrons. The van der Waals surface area contributed by atoms with Crippen molar-refractivity contribution in [1.29, 1.82) is 0 Å². The van der Waals surface area contributed by atoms with Gasteiger partial charge in [0.05, 0.1) is 11.2 Å². The van der Waals surface area contributed by atoms with Crippen LogP contribution in [0.15, 0.2) is 24.3 Å². The van der Waals surface area contributed by atoms with Crippen LogP contribution in [-0.4, -0.2) is 31.5 Å². The number of carboxylic acid groups (broad SMARTS) is 1. The lowest BCUT2D eigenvalue weighted by atomic mass is 10.1. The summed E-state index contributed by atoms with van der Waals surface area (Å²) < 4.78 is 0. The van der Waals surface area contributed by atoms with Crippen LogP contribution in [0.25, 0.3) is 22.2 Å². The lowest BCUT2D eigenvalue weighted by Gasteiger charge is -1.95. The molecule has 0 fully saturated rings. The second-order valence-corrected chi connectivity index (χ2v) is 4.12. The maximum absolute atomic E-state index is 10.8. The van der Waals surface area contributed by atoms with Crippen molar-refractivity contribution in [3.63, 3.8) is 0 Å². The van der Waals surface area contributed by atoms with E-state index in [4.69, 9.17) is 16.7 Å². The molecule has 0 saturated carbocycles. The summed E-state index contributed by atoms with van der Waals surface area (Å²) in [7, 11) is 0. The van der Waals surface area contributed by atoms with Gasteiger partial charge >= 0.3 is 5.97 Å². The number of aromatic carboxylic acids is 1. The minimum absolute atomic E-state index is 0.0464. The van der Waals surface area contributed by atoms with Crippen LogP contribution < -0.4 is 0 Å². The van der Waals surface area contributed by atoms with Gasteiger partial charge in [0.2, 0.25) is 0 Å². The number of nitrogens with zero attached hydrogens (tertiary/aromatic N) is 2. The number of nitrogens with one attached hydrogen (secondary N) is 2. The van der Waals surface area contributed by atoms with Crippen LogP contribution in [0, 0.1) is 0 Å². The predicted octanol–water partition coefficient (Wildman–Crippen LogP) is 2.30. The van der Waals surface area contributed by atoms with Crippen LogP contribution in [0.3, 0.4) is 0 Å². The van der Waals surface area contributed by atoms with E-state index >= 15 is 0 Å². The molecule has 0 amide bonds. The highest BCUT2D eigenvalue weighted by Gasteiger charge is 2.11. The third-order valence-corrected chi connectivity index (χ3v) is 2.90. The molecule has 18 heavy (non-hydrogen) atoms. The van der Waals surface area contributed by atoms with Gasteiger partial charge in [-0.2, -0.15) is 10.2 Å². The van der Waals surface area contributed by atoms with E-state index in [2.05, 4.69) is 20.4 Å². The largest absolute Gasteiger partial charge is 0.477 e. The zero-order chi connectivity index (χ0) is 12.7. The normalized spacial score (nSPS) is 10.9. The van der Waals surface area contributed by atoms with Crippen LogP contribution in [-0.2, 0) is 0 Å². The van der Waals surface area contributed by atoms with Crippen molar-refractivity contribution in [2.75, 3.05) is 0 Å². The summed E-state index contributed by atoms with van der Waals surface area (Å²) in [5, 5.41) is 23.2. The number of carboxylic acids is 1. The molecule has 7 heteroatoms. The maximum atomic E-state index is 10.8. The molecule has 0 bridgehead atoms.